The summed E-state index contributed by atoms with van der Waals surface area (Å²) in [4.78, 5) is 38.8. The van der Waals surface area contributed by atoms with Crippen LogP contribution >= 0.6 is 23.2 Å². The minimum Gasteiger partial charge on any atom is -0.495 e. The zero-order chi connectivity index (χ0) is 25.8. The van der Waals surface area contributed by atoms with Crippen molar-refractivity contribution in [2.75, 3.05) is 30.3 Å². The number of amides is 3. The van der Waals surface area contributed by atoms with Crippen molar-refractivity contribution in [3.63, 3.8) is 0 Å². The number of anilines is 2. The Labute approximate surface area is 215 Å². The number of para-hydroxylation sites is 3. The van der Waals surface area contributed by atoms with E-state index in [-0.39, 0.29) is 5.69 Å². The number of carbonyl (C=O) groups is 3. The van der Waals surface area contributed by atoms with Crippen LogP contribution in [0.3, 0.4) is 0 Å². The van der Waals surface area contributed by atoms with Crippen molar-refractivity contribution in [2.24, 2.45) is 0 Å². The number of carbonyl (C=O) groups excluding carboxylic acids is 3. The predicted molar refractivity (Wildman–Crippen MR) is 139 cm³/mol. The summed E-state index contributed by atoms with van der Waals surface area (Å²) in [6.45, 7) is 0. The highest BCUT2D eigenvalue weighted by atomic mass is 35.5. The molecule has 184 valence electrons. The van der Waals surface area contributed by atoms with Crippen molar-refractivity contribution in [2.45, 2.75) is 0 Å². The van der Waals surface area contributed by atoms with E-state index in [1.165, 1.54) is 37.1 Å². The number of rotatable bonds is 6. The fraction of sp³-hybridized carbons (Fsp3) is 0.0800. The summed E-state index contributed by atoms with van der Waals surface area (Å²) in [5.41, 5.74) is 3.56. The Bertz CT molecular complexity index is 1460. The highest BCUT2D eigenvalue weighted by Gasteiger charge is 2.23. The molecule has 0 saturated heterocycles. The lowest BCUT2D eigenvalue weighted by Gasteiger charge is -2.15. The third-order valence-electron chi connectivity index (χ3n) is 5.13. The summed E-state index contributed by atoms with van der Waals surface area (Å²) in [6, 6.07) is 17.9. The van der Waals surface area contributed by atoms with Crippen molar-refractivity contribution < 1.29 is 23.9 Å². The maximum atomic E-state index is 13.2. The second-order valence-corrected chi connectivity index (χ2v) is 8.34. The van der Waals surface area contributed by atoms with E-state index in [2.05, 4.69) is 16.1 Å². The molecule has 0 saturated carbocycles. The minimum absolute atomic E-state index is 0.0315. The van der Waals surface area contributed by atoms with Crippen molar-refractivity contribution in [3.05, 3.63) is 82.5 Å². The third-order valence-corrected chi connectivity index (χ3v) is 5.57. The molecule has 1 heterocycles. The molecule has 0 bridgehead atoms. The number of nitrogens with one attached hydrogen (secondary N) is 3. The van der Waals surface area contributed by atoms with E-state index in [1.54, 1.807) is 48.5 Å². The van der Waals surface area contributed by atoms with Gasteiger partial charge >= 0.3 is 11.8 Å². The highest BCUT2D eigenvalue weighted by Crippen LogP contribution is 2.29. The molecule has 11 heteroatoms. The van der Waals surface area contributed by atoms with E-state index in [0.717, 1.165) is 0 Å². The number of ether oxygens (including phenoxy) is 2. The van der Waals surface area contributed by atoms with Crippen molar-refractivity contribution >= 4 is 63.2 Å². The van der Waals surface area contributed by atoms with Gasteiger partial charge in [-0.15, -0.1) is 0 Å². The zero-order valence-corrected chi connectivity index (χ0v) is 20.6. The Morgan fingerprint density at radius 2 is 1.44 bits per heavy atom. The molecule has 0 atom stereocenters. The van der Waals surface area contributed by atoms with Gasteiger partial charge in [-0.1, -0.05) is 47.5 Å². The molecule has 36 heavy (non-hydrogen) atoms. The average molecular weight is 527 g/mol. The van der Waals surface area contributed by atoms with Crippen molar-refractivity contribution in [1.29, 1.82) is 0 Å². The fourth-order valence-electron chi connectivity index (χ4n) is 3.58. The van der Waals surface area contributed by atoms with Crippen LogP contribution < -0.4 is 25.5 Å². The van der Waals surface area contributed by atoms with E-state index in [0.29, 0.717) is 43.8 Å². The molecule has 1 aromatic heterocycles. The molecular formula is C25H20Cl2N4O5. The van der Waals surface area contributed by atoms with Gasteiger partial charge in [0.2, 0.25) is 0 Å². The number of fused-ring (bicyclic) bond motifs is 1. The van der Waals surface area contributed by atoms with Gasteiger partial charge in [0.05, 0.1) is 19.9 Å². The van der Waals surface area contributed by atoms with Gasteiger partial charge in [-0.05, 0) is 42.5 Å². The van der Waals surface area contributed by atoms with E-state index >= 15 is 0 Å². The number of benzene rings is 3. The van der Waals surface area contributed by atoms with Crippen LogP contribution in [0.4, 0.5) is 11.4 Å². The number of hydrogen-bond acceptors (Lipinski definition) is 5. The van der Waals surface area contributed by atoms with Crippen LogP contribution in [0.15, 0.2) is 66.7 Å². The molecule has 0 spiro atoms. The summed E-state index contributed by atoms with van der Waals surface area (Å²) in [7, 11) is 2.90. The van der Waals surface area contributed by atoms with Crippen LogP contribution in [0, 0.1) is 0 Å². The van der Waals surface area contributed by atoms with Gasteiger partial charge in [-0.25, -0.2) is 4.68 Å². The maximum absolute atomic E-state index is 13.2. The van der Waals surface area contributed by atoms with Gasteiger partial charge in [0.15, 0.2) is 0 Å². The quantitative estimate of drug-likeness (QED) is 0.308. The molecule has 9 nitrogen and oxygen atoms in total. The van der Waals surface area contributed by atoms with E-state index < -0.39 is 17.7 Å². The predicted octanol–water partition coefficient (Wildman–Crippen LogP) is 4.93. The lowest BCUT2D eigenvalue weighted by atomic mass is 10.2. The van der Waals surface area contributed by atoms with Gasteiger partial charge in [0, 0.05) is 21.1 Å². The second-order valence-electron chi connectivity index (χ2n) is 7.47. The number of nitrogens with zero attached hydrogens (tertiary/aromatic N) is 1. The average Bonchev–Trinajstić information content (AvgIpc) is 3.22. The Hall–Kier alpha value is -4.21. The number of halogens is 2. The molecule has 0 aliphatic carbocycles. The molecule has 0 radical (unpaired) electrons. The summed E-state index contributed by atoms with van der Waals surface area (Å²) in [5, 5.41) is 6.46. The summed E-state index contributed by atoms with van der Waals surface area (Å²) < 4.78 is 11.8. The largest absolute Gasteiger partial charge is 0.495 e. The monoisotopic (exact) mass is 526 g/mol. The van der Waals surface area contributed by atoms with Crippen LogP contribution in [0.1, 0.15) is 10.5 Å². The first-order chi connectivity index (χ1) is 17.3. The fourth-order valence-corrected chi connectivity index (χ4v) is 4.10. The van der Waals surface area contributed by atoms with Gasteiger partial charge in [0.1, 0.15) is 22.7 Å². The van der Waals surface area contributed by atoms with E-state index in [9.17, 15) is 14.4 Å². The van der Waals surface area contributed by atoms with Crippen LogP contribution in [0.2, 0.25) is 10.0 Å². The third kappa shape index (κ3) is 5.22. The SMILES string of the molecule is COc1ccccc1NC(=O)C(=O)Nn1c(C(=O)Nc2cc(Cl)cc(Cl)c2)cc2cccc(OC)c21. The molecular weight excluding hydrogens is 507 g/mol. The van der Waals surface area contributed by atoms with Crippen LogP contribution in [0.5, 0.6) is 11.5 Å². The molecule has 4 rings (SSSR count). The molecule has 0 fully saturated rings. The Morgan fingerprint density at radius 3 is 2.14 bits per heavy atom. The molecule has 0 aliphatic rings. The second kappa shape index (κ2) is 10.6. The Morgan fingerprint density at radius 1 is 0.778 bits per heavy atom. The van der Waals surface area contributed by atoms with E-state index in [4.69, 9.17) is 32.7 Å². The molecule has 0 aliphatic heterocycles. The molecule has 3 aromatic carbocycles. The van der Waals surface area contributed by atoms with Gasteiger partial charge < -0.3 is 20.1 Å². The first-order valence-electron chi connectivity index (χ1n) is 10.5. The van der Waals surface area contributed by atoms with E-state index in [1.807, 2.05) is 0 Å². The van der Waals surface area contributed by atoms with Gasteiger partial charge in [0.25, 0.3) is 5.91 Å². The normalized spacial score (nSPS) is 10.6. The van der Waals surface area contributed by atoms with Crippen molar-refractivity contribution in [1.82, 2.24) is 4.68 Å². The molecule has 4 aromatic rings. The smallest absolute Gasteiger partial charge is 0.328 e. The zero-order valence-electron chi connectivity index (χ0n) is 19.1. The Balaban J connectivity index is 1.68. The summed E-state index contributed by atoms with van der Waals surface area (Å²) in [6.07, 6.45) is 0. The lowest BCUT2D eigenvalue weighted by Crippen LogP contribution is -2.36. The van der Waals surface area contributed by atoms with Crippen molar-refractivity contribution in [3.8, 4) is 11.5 Å². The summed E-state index contributed by atoms with van der Waals surface area (Å²) >= 11 is 12.1. The molecule has 3 amide bonds. The van der Waals surface area contributed by atoms with Gasteiger partial charge in [-0.3, -0.25) is 19.8 Å². The first-order valence-corrected chi connectivity index (χ1v) is 11.3. The van der Waals surface area contributed by atoms with Crippen LogP contribution in [-0.2, 0) is 9.59 Å². The lowest BCUT2D eigenvalue weighted by molar-refractivity contribution is -0.133. The van der Waals surface area contributed by atoms with Gasteiger partial charge in [-0.2, -0.15) is 0 Å². The standard InChI is InChI=1S/C25H20Cl2N4O5/c1-35-20-8-4-3-7-18(20)29-24(33)25(34)30-31-19(10-14-6-5-9-21(36-2)22(14)31)23(32)28-17-12-15(26)11-16(27)13-17/h3-13H,1-2H3,(H,28,32)(H,29,33)(H,30,34). The van der Waals surface area contributed by atoms with Crippen LogP contribution in [-0.4, -0.2) is 36.6 Å². The molecule has 3 N–H and O–H groups in total. The minimum atomic E-state index is -1.02. The highest BCUT2D eigenvalue weighted by molar-refractivity contribution is 6.42. The number of hydrogen-bond donors (Lipinski definition) is 3. The first kappa shape index (κ1) is 24.9. The maximum Gasteiger partial charge on any atom is 0.328 e. The number of methoxy groups -OCH3 is 2. The summed E-state index contributed by atoms with van der Waals surface area (Å²) in [5.74, 6) is -1.82. The van der Waals surface area contributed by atoms with Crippen LogP contribution in [0.25, 0.3) is 10.9 Å². The molecule has 0 unspecified atom stereocenters. The number of aromatic nitrogens is 1. The Kier molecular flexibility index (Phi) is 7.33. The topological polar surface area (TPSA) is 111 Å².